The van der Waals surface area contributed by atoms with Gasteiger partial charge >= 0.3 is 5.97 Å². The Morgan fingerprint density at radius 1 is 1.21 bits per heavy atom. The number of hydrogen-bond acceptors (Lipinski definition) is 5. The minimum absolute atomic E-state index is 0.197. The molecule has 0 aliphatic carbocycles. The maximum atomic E-state index is 13.1. The average Bonchev–Trinajstić information content (AvgIpc) is 3.09. The Morgan fingerprint density at radius 2 is 1.94 bits per heavy atom. The molecule has 2 heterocycles. The first-order valence-corrected chi connectivity index (χ1v) is 10.7. The van der Waals surface area contributed by atoms with Crippen molar-refractivity contribution >= 4 is 34.5 Å². The Balaban J connectivity index is 1.60. The molecule has 0 saturated heterocycles. The molecule has 0 unspecified atom stereocenters. The summed E-state index contributed by atoms with van der Waals surface area (Å²) in [5.41, 5.74) is 2.81. The Morgan fingerprint density at radius 3 is 2.61 bits per heavy atom. The van der Waals surface area contributed by atoms with Gasteiger partial charge in [0.15, 0.2) is 0 Å². The zero-order valence-corrected chi connectivity index (χ0v) is 19.0. The molecule has 4 rings (SSSR count). The van der Waals surface area contributed by atoms with Gasteiger partial charge < -0.3 is 25.2 Å². The fourth-order valence-corrected chi connectivity index (χ4v) is 3.95. The van der Waals surface area contributed by atoms with Crippen LogP contribution < -0.4 is 5.32 Å². The summed E-state index contributed by atoms with van der Waals surface area (Å²) >= 11 is 0. The summed E-state index contributed by atoms with van der Waals surface area (Å²) in [6.07, 6.45) is 0. The van der Waals surface area contributed by atoms with Gasteiger partial charge in [-0.25, -0.2) is 9.78 Å². The number of rotatable bonds is 4. The number of amides is 2. The lowest BCUT2D eigenvalue weighted by molar-refractivity contribution is -0.148. The lowest BCUT2D eigenvalue weighted by atomic mass is 10.0. The van der Waals surface area contributed by atoms with E-state index < -0.39 is 23.5 Å². The van der Waals surface area contributed by atoms with E-state index in [4.69, 9.17) is 0 Å². The zero-order valence-electron chi connectivity index (χ0n) is 19.0. The molecule has 0 fully saturated rings. The molecule has 0 saturated carbocycles. The van der Waals surface area contributed by atoms with E-state index in [1.54, 1.807) is 30.1 Å². The summed E-state index contributed by atoms with van der Waals surface area (Å²) in [6, 6.07) is 11.3. The van der Waals surface area contributed by atoms with Gasteiger partial charge in [-0.05, 0) is 56.7 Å². The van der Waals surface area contributed by atoms with Gasteiger partial charge in [0.2, 0.25) is 6.04 Å². The fourth-order valence-electron chi connectivity index (χ4n) is 3.95. The number of para-hydroxylation sites is 2. The second-order valence-electron chi connectivity index (χ2n) is 9.24. The molecule has 9 nitrogen and oxygen atoms in total. The molecule has 0 bridgehead atoms. The smallest absolute Gasteiger partial charge is 0.336 e. The number of carbonyl (C=O) groups excluding carboxylic acids is 2. The van der Waals surface area contributed by atoms with Crippen molar-refractivity contribution in [1.29, 1.82) is 0 Å². The molecule has 0 spiro atoms. The third-order valence-corrected chi connectivity index (χ3v) is 5.72. The number of anilines is 1. The molecule has 3 aromatic rings. The number of fused-ring (bicyclic) bond motifs is 2. The number of aliphatic carboxylic acids is 1. The predicted octanol–water partition coefficient (Wildman–Crippen LogP) is 2.84. The number of nitrogens with one attached hydrogen (secondary N) is 2. The van der Waals surface area contributed by atoms with Gasteiger partial charge in [0, 0.05) is 30.4 Å². The summed E-state index contributed by atoms with van der Waals surface area (Å²) in [5, 5.41) is 12.4. The van der Waals surface area contributed by atoms with E-state index in [1.165, 1.54) is 4.90 Å². The topological polar surface area (TPSA) is 119 Å². The predicted molar refractivity (Wildman–Crippen MR) is 124 cm³/mol. The molecule has 2 aromatic carbocycles. The van der Waals surface area contributed by atoms with E-state index in [0.29, 0.717) is 29.2 Å². The number of aromatic nitrogens is 2. The van der Waals surface area contributed by atoms with Crippen molar-refractivity contribution in [2.75, 3.05) is 12.4 Å². The number of imidazole rings is 1. The molecule has 2 amide bonds. The number of carboxylic acids is 1. The van der Waals surface area contributed by atoms with Crippen LogP contribution in [-0.2, 0) is 22.7 Å². The molecule has 3 N–H and O–H groups in total. The number of carboxylic acid groups (broad SMARTS) is 1. The van der Waals surface area contributed by atoms with Gasteiger partial charge in [0.25, 0.3) is 11.8 Å². The largest absolute Gasteiger partial charge is 0.479 e. The van der Waals surface area contributed by atoms with Gasteiger partial charge in [0.05, 0.1) is 17.6 Å². The van der Waals surface area contributed by atoms with Crippen molar-refractivity contribution in [1.82, 2.24) is 19.8 Å². The number of carbonyl (C=O) groups is 3. The molecule has 1 aliphatic heterocycles. The minimum Gasteiger partial charge on any atom is -0.479 e. The quantitative estimate of drug-likeness (QED) is 0.527. The van der Waals surface area contributed by atoms with E-state index in [1.807, 2.05) is 45.0 Å². The average molecular weight is 450 g/mol. The maximum Gasteiger partial charge on any atom is 0.336 e. The first-order chi connectivity index (χ1) is 15.5. The summed E-state index contributed by atoms with van der Waals surface area (Å²) in [6.45, 7) is 6.06. The van der Waals surface area contributed by atoms with Gasteiger partial charge in [-0.2, -0.15) is 0 Å². The molecule has 1 aliphatic rings. The van der Waals surface area contributed by atoms with E-state index in [-0.39, 0.29) is 12.5 Å². The molecule has 172 valence electrons. The standard InChI is InChI=1S/C24H27N5O4/c1-24(2,3)29-12-15-11-14(9-10-16(15)27-20(22(29)31)23(32)33)21(30)28(4)13-19-25-17-7-5-6-8-18(17)26-19/h5-11,20,27H,12-13H2,1-4H3,(H,25,26)(H,32,33)/t20-/m1/s1. The van der Waals surface area contributed by atoms with Crippen LogP contribution >= 0.6 is 0 Å². The van der Waals surface area contributed by atoms with Gasteiger partial charge in [-0.15, -0.1) is 0 Å². The van der Waals surface area contributed by atoms with Crippen molar-refractivity contribution in [3.05, 3.63) is 59.4 Å². The molecule has 9 heteroatoms. The maximum absolute atomic E-state index is 13.1. The Bertz CT molecular complexity index is 1210. The van der Waals surface area contributed by atoms with E-state index in [2.05, 4.69) is 15.3 Å². The van der Waals surface area contributed by atoms with E-state index in [0.717, 1.165) is 11.0 Å². The monoisotopic (exact) mass is 449 g/mol. The molecule has 0 radical (unpaired) electrons. The van der Waals surface area contributed by atoms with E-state index in [9.17, 15) is 19.5 Å². The number of benzene rings is 2. The normalized spacial score (nSPS) is 16.2. The zero-order chi connectivity index (χ0) is 23.9. The van der Waals surface area contributed by atoms with E-state index >= 15 is 0 Å². The highest BCUT2D eigenvalue weighted by Crippen LogP contribution is 2.29. The van der Waals surface area contributed by atoms with Crippen molar-refractivity contribution < 1.29 is 19.5 Å². The van der Waals surface area contributed by atoms with Crippen molar-refractivity contribution in [2.24, 2.45) is 0 Å². The Hall–Kier alpha value is -3.88. The number of H-pyrrole nitrogens is 1. The van der Waals surface area contributed by atoms with Crippen LogP contribution in [0.2, 0.25) is 0 Å². The van der Waals surface area contributed by atoms with Crippen molar-refractivity contribution in [3.63, 3.8) is 0 Å². The van der Waals surface area contributed by atoms with Crippen LogP contribution in [0.5, 0.6) is 0 Å². The third-order valence-electron chi connectivity index (χ3n) is 5.72. The SMILES string of the molecule is CN(Cc1nc2ccccc2[nH]1)C(=O)c1ccc2c(c1)CN(C(C)(C)C)C(=O)[C@H](C(=O)O)N2. The minimum atomic E-state index is -1.39. The molecular weight excluding hydrogens is 422 g/mol. The first kappa shape index (κ1) is 22.3. The molecular formula is C24H27N5O4. The summed E-state index contributed by atoms with van der Waals surface area (Å²) < 4.78 is 0. The summed E-state index contributed by atoms with van der Waals surface area (Å²) in [5.74, 6) is -1.28. The Kier molecular flexibility index (Phi) is 5.57. The summed E-state index contributed by atoms with van der Waals surface area (Å²) in [7, 11) is 1.70. The second kappa shape index (κ2) is 8.23. The lowest BCUT2D eigenvalue weighted by Crippen LogP contribution is -2.52. The number of aromatic amines is 1. The lowest BCUT2D eigenvalue weighted by Gasteiger charge is -2.35. The fraction of sp³-hybridized carbons (Fsp3) is 0.333. The van der Waals surface area contributed by atoms with Gasteiger partial charge in [-0.3, -0.25) is 9.59 Å². The van der Waals surface area contributed by atoms with Crippen molar-refractivity contribution in [3.8, 4) is 0 Å². The van der Waals surface area contributed by atoms with Crippen LogP contribution in [0, 0.1) is 0 Å². The number of hydrogen-bond donors (Lipinski definition) is 3. The number of nitrogens with zero attached hydrogens (tertiary/aromatic N) is 3. The first-order valence-electron chi connectivity index (χ1n) is 10.7. The third kappa shape index (κ3) is 4.39. The highest BCUT2D eigenvalue weighted by molar-refractivity contribution is 6.05. The Labute approximate surface area is 191 Å². The highest BCUT2D eigenvalue weighted by atomic mass is 16.4. The summed E-state index contributed by atoms with van der Waals surface area (Å²) in [4.78, 5) is 48.6. The van der Waals surface area contributed by atoms with Crippen LogP contribution in [0.1, 0.15) is 42.5 Å². The van der Waals surface area contributed by atoms with Crippen LogP contribution in [0.15, 0.2) is 42.5 Å². The van der Waals surface area contributed by atoms with Crippen LogP contribution in [-0.4, -0.2) is 61.3 Å². The molecule has 1 atom stereocenters. The van der Waals surface area contributed by atoms with Crippen molar-refractivity contribution in [2.45, 2.75) is 45.4 Å². The van der Waals surface area contributed by atoms with Crippen LogP contribution in [0.25, 0.3) is 11.0 Å². The second-order valence-corrected chi connectivity index (χ2v) is 9.24. The van der Waals surface area contributed by atoms with Gasteiger partial charge in [-0.1, -0.05) is 12.1 Å². The van der Waals surface area contributed by atoms with Gasteiger partial charge in [0.1, 0.15) is 5.82 Å². The highest BCUT2D eigenvalue weighted by Gasteiger charge is 2.39. The molecule has 1 aromatic heterocycles. The van der Waals surface area contributed by atoms with Crippen LogP contribution in [0.4, 0.5) is 5.69 Å². The molecule has 33 heavy (non-hydrogen) atoms. The van der Waals surface area contributed by atoms with Crippen LogP contribution in [0.3, 0.4) is 0 Å².